The third kappa shape index (κ3) is 4.33. The van der Waals surface area contributed by atoms with Gasteiger partial charge in [-0.25, -0.2) is 0 Å². The Bertz CT molecular complexity index is 432. The van der Waals surface area contributed by atoms with Crippen molar-refractivity contribution in [1.82, 2.24) is 9.80 Å². The summed E-state index contributed by atoms with van der Waals surface area (Å²) in [5.74, 6) is 0.922. The summed E-state index contributed by atoms with van der Waals surface area (Å²) in [5, 5.41) is 0. The van der Waals surface area contributed by atoms with Gasteiger partial charge in [0.05, 0.1) is 0 Å². The van der Waals surface area contributed by atoms with Gasteiger partial charge in [0.1, 0.15) is 0 Å². The third-order valence-corrected chi connectivity index (χ3v) is 5.64. The van der Waals surface area contributed by atoms with Crippen molar-refractivity contribution >= 4 is 28.3 Å². The van der Waals surface area contributed by atoms with E-state index in [1.165, 1.54) is 67.9 Å². The average molecular weight is 399 g/mol. The fourth-order valence-electron chi connectivity index (χ4n) is 3.45. The summed E-state index contributed by atoms with van der Waals surface area (Å²) in [6.07, 6.45) is 2.77. The molecule has 4 heteroatoms. The van der Waals surface area contributed by atoms with Crippen LogP contribution in [0.2, 0.25) is 0 Å². The largest absolute Gasteiger partial charge is 0.369 e. The molecule has 21 heavy (non-hydrogen) atoms. The Kier molecular flexibility index (Phi) is 5.40. The Hall–Kier alpha value is -0.330. The highest BCUT2D eigenvalue weighted by Crippen LogP contribution is 2.21. The van der Waals surface area contributed by atoms with Crippen LogP contribution in [-0.2, 0) is 0 Å². The highest BCUT2D eigenvalue weighted by molar-refractivity contribution is 14.1. The van der Waals surface area contributed by atoms with E-state index >= 15 is 0 Å². The molecule has 0 aliphatic carbocycles. The van der Waals surface area contributed by atoms with Gasteiger partial charge in [0.2, 0.25) is 0 Å². The van der Waals surface area contributed by atoms with Crippen molar-refractivity contribution < 1.29 is 0 Å². The second-order valence-corrected chi connectivity index (χ2v) is 7.76. The molecular weight excluding hydrogens is 373 g/mol. The van der Waals surface area contributed by atoms with Crippen molar-refractivity contribution in [3.05, 3.63) is 27.8 Å². The van der Waals surface area contributed by atoms with Crippen LogP contribution in [0.5, 0.6) is 0 Å². The molecule has 2 aliphatic heterocycles. The first-order valence-electron chi connectivity index (χ1n) is 8.12. The van der Waals surface area contributed by atoms with E-state index in [0.29, 0.717) is 0 Å². The average Bonchev–Trinajstić information content (AvgIpc) is 2.51. The lowest BCUT2D eigenvalue weighted by Crippen LogP contribution is -2.48. The predicted molar refractivity (Wildman–Crippen MR) is 98.0 cm³/mol. The zero-order chi connectivity index (χ0) is 14.7. The highest BCUT2D eigenvalue weighted by Gasteiger charge is 2.22. The summed E-state index contributed by atoms with van der Waals surface area (Å²) in [6, 6.07) is 8.93. The number of benzene rings is 1. The Labute approximate surface area is 142 Å². The molecule has 0 saturated carbocycles. The number of rotatable bonds is 3. The molecule has 0 unspecified atom stereocenters. The van der Waals surface area contributed by atoms with Gasteiger partial charge in [-0.1, -0.05) is 0 Å². The summed E-state index contributed by atoms with van der Waals surface area (Å²) in [7, 11) is 2.25. The summed E-state index contributed by atoms with van der Waals surface area (Å²) in [6.45, 7) is 8.67. The molecule has 0 spiro atoms. The van der Waals surface area contributed by atoms with Gasteiger partial charge in [-0.3, -0.25) is 4.90 Å². The molecule has 0 radical (unpaired) electrons. The molecule has 0 aromatic heterocycles. The number of likely N-dealkylation sites (tertiary alicyclic amines) is 1. The molecule has 3 rings (SSSR count). The molecule has 3 nitrogen and oxygen atoms in total. The van der Waals surface area contributed by atoms with Crippen molar-refractivity contribution in [2.24, 2.45) is 5.92 Å². The van der Waals surface area contributed by atoms with Gasteiger partial charge in [-0.2, -0.15) is 0 Å². The van der Waals surface area contributed by atoms with Gasteiger partial charge in [0, 0.05) is 42.0 Å². The van der Waals surface area contributed by atoms with E-state index in [-0.39, 0.29) is 0 Å². The summed E-state index contributed by atoms with van der Waals surface area (Å²) < 4.78 is 1.32. The number of nitrogens with zero attached hydrogens (tertiary/aromatic N) is 3. The maximum absolute atomic E-state index is 2.68. The van der Waals surface area contributed by atoms with Crippen molar-refractivity contribution in [2.45, 2.75) is 12.8 Å². The number of piperidine rings is 1. The molecule has 0 atom stereocenters. The molecule has 0 bridgehead atoms. The van der Waals surface area contributed by atoms with E-state index < -0.39 is 0 Å². The second-order valence-electron chi connectivity index (χ2n) is 6.51. The fraction of sp³-hybridized carbons (Fsp3) is 0.647. The first-order valence-corrected chi connectivity index (χ1v) is 9.20. The SMILES string of the molecule is CN1CCC(CN2CCN(c3ccc(I)cc3)CC2)CC1. The number of hydrogen-bond donors (Lipinski definition) is 0. The smallest absolute Gasteiger partial charge is 0.0367 e. The second kappa shape index (κ2) is 7.29. The molecule has 0 N–H and O–H groups in total. The first-order chi connectivity index (χ1) is 10.2. The van der Waals surface area contributed by atoms with Crippen LogP contribution >= 0.6 is 22.6 Å². The number of halogens is 1. The van der Waals surface area contributed by atoms with E-state index in [2.05, 4.69) is 68.6 Å². The van der Waals surface area contributed by atoms with Crippen molar-refractivity contribution in [1.29, 1.82) is 0 Å². The predicted octanol–water partition coefficient (Wildman–Crippen LogP) is 2.76. The van der Waals surface area contributed by atoms with Gasteiger partial charge in [0.15, 0.2) is 0 Å². The molecule has 2 aliphatic rings. The molecule has 1 aromatic carbocycles. The molecule has 0 amide bonds. The van der Waals surface area contributed by atoms with Gasteiger partial charge in [-0.15, -0.1) is 0 Å². The standard InChI is InChI=1S/C17H26IN3/c1-19-8-6-15(7-9-19)14-20-10-12-21(13-11-20)17-4-2-16(18)3-5-17/h2-5,15H,6-14H2,1H3. The lowest BCUT2D eigenvalue weighted by atomic mass is 9.96. The van der Waals surface area contributed by atoms with Crippen molar-refractivity contribution in [3.63, 3.8) is 0 Å². The highest BCUT2D eigenvalue weighted by atomic mass is 127. The quantitative estimate of drug-likeness (QED) is 0.724. The van der Waals surface area contributed by atoms with E-state index in [1.54, 1.807) is 0 Å². The van der Waals surface area contributed by atoms with Crippen molar-refractivity contribution in [2.75, 3.05) is 57.8 Å². The zero-order valence-corrected chi connectivity index (χ0v) is 15.1. The monoisotopic (exact) mass is 399 g/mol. The van der Waals surface area contributed by atoms with Gasteiger partial charge >= 0.3 is 0 Å². The van der Waals surface area contributed by atoms with Crippen molar-refractivity contribution in [3.8, 4) is 0 Å². The van der Waals surface area contributed by atoms with Crippen LogP contribution in [0, 0.1) is 9.49 Å². The van der Waals surface area contributed by atoms with Crippen LogP contribution < -0.4 is 4.90 Å². The normalized spacial score (nSPS) is 22.7. The Morgan fingerprint density at radius 2 is 1.57 bits per heavy atom. The van der Waals surface area contributed by atoms with Crippen LogP contribution in [0.4, 0.5) is 5.69 Å². The number of anilines is 1. The van der Waals surface area contributed by atoms with Crippen LogP contribution in [0.3, 0.4) is 0 Å². The molecule has 116 valence electrons. The minimum absolute atomic E-state index is 0.922. The third-order valence-electron chi connectivity index (χ3n) is 4.92. The van der Waals surface area contributed by atoms with Gasteiger partial charge < -0.3 is 9.80 Å². The number of hydrogen-bond acceptors (Lipinski definition) is 3. The minimum Gasteiger partial charge on any atom is -0.369 e. The Balaban J connectivity index is 1.45. The lowest BCUT2D eigenvalue weighted by Gasteiger charge is -2.39. The van der Waals surface area contributed by atoms with Crippen LogP contribution in [-0.4, -0.2) is 62.7 Å². The van der Waals surface area contributed by atoms with E-state index in [4.69, 9.17) is 0 Å². The molecule has 1 aromatic rings. The zero-order valence-electron chi connectivity index (χ0n) is 13.0. The minimum atomic E-state index is 0.922. The summed E-state index contributed by atoms with van der Waals surface area (Å²) >= 11 is 2.37. The van der Waals surface area contributed by atoms with Gasteiger partial charge in [0.25, 0.3) is 0 Å². The number of piperazine rings is 1. The Morgan fingerprint density at radius 3 is 2.19 bits per heavy atom. The molecule has 2 heterocycles. The Morgan fingerprint density at radius 1 is 0.952 bits per heavy atom. The lowest BCUT2D eigenvalue weighted by molar-refractivity contribution is 0.155. The summed E-state index contributed by atoms with van der Waals surface area (Å²) in [5.41, 5.74) is 1.38. The van der Waals surface area contributed by atoms with E-state index in [9.17, 15) is 0 Å². The van der Waals surface area contributed by atoms with Crippen LogP contribution in [0.1, 0.15) is 12.8 Å². The summed E-state index contributed by atoms with van der Waals surface area (Å²) in [4.78, 5) is 7.67. The molecule has 2 fully saturated rings. The first kappa shape index (κ1) is 15.6. The van der Waals surface area contributed by atoms with E-state index in [1.807, 2.05) is 0 Å². The maximum atomic E-state index is 2.68. The topological polar surface area (TPSA) is 9.72 Å². The van der Waals surface area contributed by atoms with E-state index in [0.717, 1.165) is 5.92 Å². The molecular formula is C17H26IN3. The maximum Gasteiger partial charge on any atom is 0.0367 e. The van der Waals surface area contributed by atoms with Crippen LogP contribution in [0.15, 0.2) is 24.3 Å². The van der Waals surface area contributed by atoms with Crippen LogP contribution in [0.25, 0.3) is 0 Å². The fourth-order valence-corrected chi connectivity index (χ4v) is 3.81. The van der Waals surface area contributed by atoms with Gasteiger partial charge in [-0.05, 0) is 85.8 Å². The molecule has 2 saturated heterocycles.